The van der Waals surface area contributed by atoms with Crippen molar-refractivity contribution < 1.29 is 4.52 Å². The van der Waals surface area contributed by atoms with Crippen LogP contribution in [0.15, 0.2) is 0 Å². The number of hydrogen-bond acceptors (Lipinski definition) is 2. The fourth-order valence-corrected chi connectivity index (χ4v) is 3.40. The molecule has 12 heavy (non-hydrogen) atoms. The quantitative estimate of drug-likeness (QED) is 0.659. The van der Waals surface area contributed by atoms with Crippen LogP contribution < -0.4 is 0 Å². The summed E-state index contributed by atoms with van der Waals surface area (Å²) in [6.45, 7) is 6.38. The van der Waals surface area contributed by atoms with Gasteiger partial charge in [-0.25, -0.2) is 0 Å². The lowest BCUT2D eigenvalue weighted by Crippen LogP contribution is -2.23. The van der Waals surface area contributed by atoms with Crippen LogP contribution in [-0.4, -0.2) is 23.9 Å². The molecule has 0 aromatic carbocycles. The van der Waals surface area contributed by atoms with E-state index in [9.17, 15) is 0 Å². The first kappa shape index (κ1) is 10.5. The van der Waals surface area contributed by atoms with Crippen LogP contribution in [0.5, 0.6) is 0 Å². The molecular formula is C8H17NOPS+. The molecule has 2 nitrogen and oxygen atoms in total. The van der Waals surface area contributed by atoms with Gasteiger partial charge in [-0.3, -0.25) is 0 Å². The van der Waals surface area contributed by atoms with Crippen molar-refractivity contribution in [3.8, 4) is 0 Å². The van der Waals surface area contributed by atoms with Gasteiger partial charge >= 0.3 is 7.07 Å². The highest BCUT2D eigenvalue weighted by molar-refractivity contribution is 8.01. The van der Waals surface area contributed by atoms with E-state index in [2.05, 4.69) is 4.67 Å². The maximum Gasteiger partial charge on any atom is 0.442 e. The Morgan fingerprint density at radius 2 is 1.83 bits per heavy atom. The Labute approximate surface area is 80.8 Å². The maximum absolute atomic E-state index is 5.60. The van der Waals surface area contributed by atoms with E-state index in [1.807, 2.05) is 13.8 Å². The van der Waals surface area contributed by atoms with Gasteiger partial charge in [0.05, 0.1) is 0 Å². The predicted molar refractivity (Wildman–Crippen MR) is 55.9 cm³/mol. The fourth-order valence-electron chi connectivity index (χ4n) is 1.29. The molecule has 1 saturated heterocycles. The molecular weight excluding hydrogens is 189 g/mol. The summed E-state index contributed by atoms with van der Waals surface area (Å²) in [6.07, 6.45) is 4.21. The van der Waals surface area contributed by atoms with Gasteiger partial charge < -0.3 is 0 Å². The van der Waals surface area contributed by atoms with E-state index in [1.165, 1.54) is 19.3 Å². The van der Waals surface area contributed by atoms with Crippen molar-refractivity contribution in [2.24, 2.45) is 0 Å². The molecule has 1 heterocycles. The molecule has 0 aromatic heterocycles. The molecule has 1 aliphatic rings. The zero-order valence-corrected chi connectivity index (χ0v) is 9.53. The Bertz CT molecular complexity index is 157. The van der Waals surface area contributed by atoms with Gasteiger partial charge in [-0.1, -0.05) is 11.1 Å². The second kappa shape index (κ2) is 5.23. The zero-order valence-electron chi connectivity index (χ0n) is 7.82. The SMILES string of the molecule is CC(C)O[P+](=S)N1CCCCC1. The van der Waals surface area contributed by atoms with Crippen molar-refractivity contribution >= 4 is 18.9 Å². The van der Waals surface area contributed by atoms with E-state index >= 15 is 0 Å². The molecule has 0 radical (unpaired) electrons. The van der Waals surface area contributed by atoms with E-state index in [-0.39, 0.29) is 6.10 Å². The second-order valence-corrected chi connectivity index (χ2v) is 5.60. The monoisotopic (exact) mass is 206 g/mol. The summed E-state index contributed by atoms with van der Waals surface area (Å²) in [7, 11) is -0.722. The van der Waals surface area contributed by atoms with Gasteiger partial charge in [-0.15, -0.1) is 4.52 Å². The summed E-state index contributed by atoms with van der Waals surface area (Å²) in [4.78, 5) is 0. The number of hydrogen-bond donors (Lipinski definition) is 0. The smallest absolute Gasteiger partial charge is 0.149 e. The Kier molecular flexibility index (Phi) is 4.59. The minimum absolute atomic E-state index is 0.274. The average molecular weight is 206 g/mol. The van der Waals surface area contributed by atoms with Crippen LogP contribution in [0.25, 0.3) is 0 Å². The Hall–Kier alpha value is 0.440. The predicted octanol–water partition coefficient (Wildman–Crippen LogP) is 2.67. The van der Waals surface area contributed by atoms with E-state index in [0.29, 0.717) is 0 Å². The molecule has 1 rings (SSSR count). The zero-order chi connectivity index (χ0) is 8.97. The first-order valence-electron chi connectivity index (χ1n) is 4.59. The minimum atomic E-state index is -0.722. The molecule has 1 unspecified atom stereocenters. The van der Waals surface area contributed by atoms with Gasteiger partial charge in [-0.2, -0.15) is 0 Å². The minimum Gasteiger partial charge on any atom is -0.149 e. The van der Waals surface area contributed by atoms with Crippen LogP contribution >= 0.6 is 7.07 Å². The standard InChI is InChI=1S/C8H17NOPS/c1-8(2)10-11(12)9-6-4-3-5-7-9/h8H,3-7H2,1-2H3/q+1. The number of piperidine rings is 1. The largest absolute Gasteiger partial charge is 0.442 e. The summed E-state index contributed by atoms with van der Waals surface area (Å²) in [6, 6.07) is 0. The first-order valence-corrected chi connectivity index (χ1v) is 6.81. The lowest BCUT2D eigenvalue weighted by molar-refractivity contribution is 0.242. The summed E-state index contributed by atoms with van der Waals surface area (Å²) in [5, 5.41) is 0. The van der Waals surface area contributed by atoms with E-state index in [0.717, 1.165) is 13.1 Å². The lowest BCUT2D eigenvalue weighted by Gasteiger charge is -2.17. The van der Waals surface area contributed by atoms with Crippen molar-refractivity contribution in [3.05, 3.63) is 0 Å². The average Bonchev–Trinajstić information content (AvgIpc) is 2.05. The lowest BCUT2D eigenvalue weighted by atomic mass is 10.2. The molecule has 0 N–H and O–H groups in total. The molecule has 0 aliphatic carbocycles. The van der Waals surface area contributed by atoms with Crippen molar-refractivity contribution in [2.75, 3.05) is 13.1 Å². The highest BCUT2D eigenvalue weighted by Gasteiger charge is 2.27. The van der Waals surface area contributed by atoms with Crippen molar-refractivity contribution in [1.29, 1.82) is 0 Å². The third kappa shape index (κ3) is 3.44. The Morgan fingerprint density at radius 1 is 1.25 bits per heavy atom. The summed E-state index contributed by atoms with van der Waals surface area (Å²) in [5.41, 5.74) is 0. The van der Waals surface area contributed by atoms with Crippen LogP contribution in [0, 0.1) is 0 Å². The number of rotatable bonds is 3. The van der Waals surface area contributed by atoms with Crippen molar-refractivity contribution in [1.82, 2.24) is 4.67 Å². The normalized spacial score (nSPS) is 21.4. The molecule has 1 fully saturated rings. The third-order valence-corrected chi connectivity index (χ3v) is 4.28. The fraction of sp³-hybridized carbons (Fsp3) is 1.00. The second-order valence-electron chi connectivity index (χ2n) is 3.41. The molecule has 1 atom stereocenters. The van der Waals surface area contributed by atoms with Gasteiger partial charge in [-0.05, 0) is 26.7 Å². The van der Waals surface area contributed by atoms with Crippen LogP contribution in [-0.2, 0) is 16.3 Å². The molecule has 0 aromatic rings. The van der Waals surface area contributed by atoms with E-state index in [4.69, 9.17) is 16.3 Å². The highest BCUT2D eigenvalue weighted by Crippen LogP contribution is 2.33. The molecule has 0 saturated carbocycles. The molecule has 0 spiro atoms. The van der Waals surface area contributed by atoms with Gasteiger partial charge in [0.1, 0.15) is 6.10 Å². The van der Waals surface area contributed by atoms with Crippen LogP contribution in [0.4, 0.5) is 0 Å². The molecule has 0 amide bonds. The Balaban J connectivity index is 2.30. The van der Waals surface area contributed by atoms with Crippen molar-refractivity contribution in [3.63, 3.8) is 0 Å². The summed E-state index contributed by atoms with van der Waals surface area (Å²) < 4.78 is 7.91. The Morgan fingerprint density at radius 3 is 2.33 bits per heavy atom. The molecule has 4 heteroatoms. The maximum atomic E-state index is 5.60. The third-order valence-electron chi connectivity index (χ3n) is 1.86. The topological polar surface area (TPSA) is 12.5 Å². The van der Waals surface area contributed by atoms with Gasteiger partial charge in [0.15, 0.2) is 0 Å². The summed E-state index contributed by atoms with van der Waals surface area (Å²) >= 11 is 5.30. The van der Waals surface area contributed by atoms with Gasteiger partial charge in [0.2, 0.25) is 11.8 Å². The molecule has 0 bridgehead atoms. The van der Waals surface area contributed by atoms with Crippen molar-refractivity contribution in [2.45, 2.75) is 39.2 Å². The van der Waals surface area contributed by atoms with Gasteiger partial charge in [0.25, 0.3) is 0 Å². The van der Waals surface area contributed by atoms with E-state index in [1.54, 1.807) is 0 Å². The molecule has 70 valence electrons. The van der Waals surface area contributed by atoms with Crippen LogP contribution in [0.3, 0.4) is 0 Å². The molecule has 1 aliphatic heterocycles. The van der Waals surface area contributed by atoms with Crippen LogP contribution in [0.1, 0.15) is 33.1 Å². The highest BCUT2D eigenvalue weighted by atomic mass is 32.4. The van der Waals surface area contributed by atoms with Gasteiger partial charge in [0, 0.05) is 13.1 Å². The number of nitrogens with zero attached hydrogens (tertiary/aromatic N) is 1. The first-order chi connectivity index (χ1) is 5.70. The van der Waals surface area contributed by atoms with E-state index < -0.39 is 7.07 Å². The van der Waals surface area contributed by atoms with Crippen LogP contribution in [0.2, 0.25) is 0 Å². The summed E-state index contributed by atoms with van der Waals surface area (Å²) in [5.74, 6) is 0.